The van der Waals surface area contributed by atoms with Crippen molar-refractivity contribution < 1.29 is 14.4 Å². The molecular weight excluding hydrogens is 704 g/mol. The van der Waals surface area contributed by atoms with Crippen LogP contribution in [0.2, 0.25) is 0 Å². The second-order valence-corrected chi connectivity index (χ2v) is 13.5. The number of aromatic amines is 2. The summed E-state index contributed by atoms with van der Waals surface area (Å²) >= 11 is 0. The van der Waals surface area contributed by atoms with E-state index >= 15 is 0 Å². The summed E-state index contributed by atoms with van der Waals surface area (Å²) in [4.78, 5) is 95.0. The summed E-state index contributed by atoms with van der Waals surface area (Å²) in [7, 11) is 0. The van der Waals surface area contributed by atoms with Gasteiger partial charge >= 0.3 is 11.4 Å². The van der Waals surface area contributed by atoms with Crippen LogP contribution in [0.25, 0.3) is 4.85 Å². The third-order valence-electron chi connectivity index (χ3n) is 8.45. The maximum absolute atomic E-state index is 13.3. The van der Waals surface area contributed by atoms with Crippen molar-refractivity contribution in [2.24, 2.45) is 5.73 Å². The Labute approximate surface area is 316 Å². The molecule has 15 heteroatoms. The fourth-order valence-corrected chi connectivity index (χ4v) is 6.11. The Bertz CT molecular complexity index is 2520. The highest BCUT2D eigenvalue weighted by Gasteiger charge is 2.26. The predicted molar refractivity (Wildman–Crippen MR) is 204 cm³/mol. The molecule has 0 fully saturated rings. The van der Waals surface area contributed by atoms with Crippen LogP contribution in [0.5, 0.6) is 0 Å². The Hall–Kier alpha value is -6.92. The zero-order valence-corrected chi connectivity index (χ0v) is 31.5. The van der Waals surface area contributed by atoms with Gasteiger partial charge in [-0.05, 0) is 79.6 Å². The Morgan fingerprint density at radius 1 is 0.727 bits per heavy atom. The van der Waals surface area contributed by atoms with E-state index in [1.165, 1.54) is 21.3 Å². The number of primary amides is 1. The molecular formula is C40H42N8O7. The van der Waals surface area contributed by atoms with Crippen molar-refractivity contribution >= 4 is 17.5 Å². The van der Waals surface area contributed by atoms with Gasteiger partial charge in [0.05, 0.1) is 23.3 Å². The van der Waals surface area contributed by atoms with Gasteiger partial charge in [-0.1, -0.05) is 27.7 Å². The minimum Gasteiger partial charge on any atom is -0.370 e. The Kier molecular flexibility index (Phi) is 14.5. The molecule has 0 aliphatic carbocycles. The molecule has 0 unspecified atom stereocenters. The average molecular weight is 747 g/mol. The molecule has 4 rings (SSSR count). The summed E-state index contributed by atoms with van der Waals surface area (Å²) in [5.41, 5.74) is 5.49. The van der Waals surface area contributed by atoms with Crippen LogP contribution in [0.15, 0.2) is 55.6 Å². The number of nitrogens with one attached hydrogen (secondary N) is 2. The van der Waals surface area contributed by atoms with Crippen molar-refractivity contribution in [1.82, 2.24) is 19.1 Å². The number of ketones is 2. The third-order valence-corrected chi connectivity index (χ3v) is 8.45. The van der Waals surface area contributed by atoms with E-state index in [0.29, 0.717) is 23.1 Å². The highest BCUT2D eigenvalue weighted by Crippen LogP contribution is 2.22. The van der Waals surface area contributed by atoms with Crippen LogP contribution in [0, 0.1) is 43.1 Å². The molecule has 0 saturated carbocycles. The van der Waals surface area contributed by atoms with Gasteiger partial charge in [-0.15, -0.1) is 0 Å². The smallest absolute Gasteiger partial charge is 0.328 e. The summed E-state index contributed by atoms with van der Waals surface area (Å²) in [6.45, 7) is 17.8. The largest absolute Gasteiger partial charge is 0.370 e. The van der Waals surface area contributed by atoms with Gasteiger partial charge in [-0.25, -0.2) is 16.2 Å². The SMILES string of the molecule is Cc1cc(C#N)cc(C(=O)c2c(C(C)C)c(=O)[nH]c(=O)n2CCCC(N)=O)c1.[C-]#[N+]CCCn1c(C(=O)c2cc(C)cc(C#N)c2)c(C(C)C)c(=O)[nH]c1=O. The number of aryl methyl sites for hydroxylation is 2. The van der Waals surface area contributed by atoms with Crippen molar-refractivity contribution in [2.75, 3.05) is 6.54 Å². The number of nitrogens with zero attached hydrogens (tertiary/aromatic N) is 5. The highest BCUT2D eigenvalue weighted by molar-refractivity contribution is 6.09. The maximum atomic E-state index is 13.3. The molecule has 2 aromatic heterocycles. The maximum Gasteiger partial charge on any atom is 0.328 e. The number of hydrogen-bond donors (Lipinski definition) is 3. The Balaban J connectivity index is 0.000000296. The summed E-state index contributed by atoms with van der Waals surface area (Å²) < 4.78 is 2.41. The second-order valence-electron chi connectivity index (χ2n) is 13.5. The molecule has 0 bridgehead atoms. The quantitative estimate of drug-likeness (QED) is 0.102. The number of aromatic nitrogens is 4. The number of carbonyl (C=O) groups excluding carboxylic acids is 3. The van der Waals surface area contributed by atoms with Gasteiger partial charge in [0.15, 0.2) is 0 Å². The summed E-state index contributed by atoms with van der Waals surface area (Å²) in [6.07, 6.45) is 0.667. The normalized spacial score (nSPS) is 10.6. The zero-order chi connectivity index (χ0) is 41.1. The summed E-state index contributed by atoms with van der Waals surface area (Å²) in [5.74, 6) is -2.14. The lowest BCUT2D eigenvalue weighted by Gasteiger charge is -2.17. The van der Waals surface area contributed by atoms with Gasteiger partial charge in [-0.2, -0.15) is 10.5 Å². The number of H-pyrrole nitrogens is 2. The molecule has 0 aliphatic rings. The fraction of sp³-hybridized carbons (Fsp3) is 0.350. The van der Waals surface area contributed by atoms with Crippen LogP contribution in [-0.4, -0.2) is 43.1 Å². The van der Waals surface area contributed by atoms with Gasteiger partial charge in [0.1, 0.15) is 11.4 Å². The molecule has 0 aliphatic heterocycles. The number of carbonyl (C=O) groups is 3. The zero-order valence-electron chi connectivity index (χ0n) is 31.5. The van der Waals surface area contributed by atoms with E-state index in [1.807, 2.05) is 12.1 Å². The van der Waals surface area contributed by atoms with E-state index in [-0.39, 0.29) is 78.0 Å². The average Bonchev–Trinajstić information content (AvgIpc) is 3.11. The molecule has 2 heterocycles. The van der Waals surface area contributed by atoms with Gasteiger partial charge in [0.25, 0.3) is 11.1 Å². The number of amides is 1. The molecule has 55 heavy (non-hydrogen) atoms. The number of rotatable bonds is 13. The molecule has 0 atom stereocenters. The molecule has 0 radical (unpaired) electrons. The molecule has 284 valence electrons. The molecule has 4 N–H and O–H groups in total. The minimum absolute atomic E-state index is 0.0253. The van der Waals surface area contributed by atoms with Crippen molar-refractivity contribution in [3.8, 4) is 12.1 Å². The monoisotopic (exact) mass is 746 g/mol. The number of nitriles is 2. The van der Waals surface area contributed by atoms with Crippen LogP contribution in [0.4, 0.5) is 0 Å². The molecule has 4 aromatic rings. The van der Waals surface area contributed by atoms with Crippen LogP contribution in [-0.2, 0) is 17.9 Å². The molecule has 0 spiro atoms. The fourth-order valence-electron chi connectivity index (χ4n) is 6.11. The first kappa shape index (κ1) is 42.5. The minimum atomic E-state index is -0.726. The van der Waals surface area contributed by atoms with Crippen molar-refractivity contribution in [2.45, 2.75) is 85.7 Å². The van der Waals surface area contributed by atoms with Crippen LogP contribution in [0.3, 0.4) is 0 Å². The number of hydrogen-bond acceptors (Lipinski definition) is 9. The Morgan fingerprint density at radius 2 is 1.13 bits per heavy atom. The third kappa shape index (κ3) is 10.4. The molecule has 1 amide bonds. The van der Waals surface area contributed by atoms with Crippen LogP contribution >= 0.6 is 0 Å². The van der Waals surface area contributed by atoms with Crippen molar-refractivity contribution in [3.05, 3.63) is 145 Å². The van der Waals surface area contributed by atoms with E-state index in [4.69, 9.17) is 17.6 Å². The molecule has 2 aromatic carbocycles. The summed E-state index contributed by atoms with van der Waals surface area (Å²) in [5, 5.41) is 18.3. The lowest BCUT2D eigenvalue weighted by atomic mass is 9.95. The first-order chi connectivity index (χ1) is 25.9. The highest BCUT2D eigenvalue weighted by atomic mass is 16.2. The van der Waals surface area contributed by atoms with Crippen molar-refractivity contribution in [1.29, 1.82) is 10.5 Å². The van der Waals surface area contributed by atoms with E-state index < -0.39 is 40.0 Å². The Morgan fingerprint density at radius 3 is 1.47 bits per heavy atom. The predicted octanol–water partition coefficient (Wildman–Crippen LogP) is 3.72. The molecule has 0 saturated heterocycles. The second kappa shape index (κ2) is 18.7. The topological polar surface area (TPSA) is 239 Å². The van der Waals surface area contributed by atoms with Gasteiger partial charge in [-0.3, -0.25) is 43.1 Å². The van der Waals surface area contributed by atoms with E-state index in [9.17, 15) is 38.8 Å². The van der Waals surface area contributed by atoms with E-state index in [0.717, 1.165) is 5.56 Å². The van der Waals surface area contributed by atoms with Crippen LogP contribution < -0.4 is 28.2 Å². The van der Waals surface area contributed by atoms with Gasteiger partial charge in [0.2, 0.25) is 24.0 Å². The van der Waals surface area contributed by atoms with Gasteiger partial charge in [0, 0.05) is 48.2 Å². The first-order valence-corrected chi connectivity index (χ1v) is 17.4. The first-order valence-electron chi connectivity index (χ1n) is 17.4. The number of nitrogens with two attached hydrogens (primary N) is 1. The summed E-state index contributed by atoms with van der Waals surface area (Å²) in [6, 6.07) is 13.4. The van der Waals surface area contributed by atoms with Crippen LogP contribution in [0.1, 0.15) is 124 Å². The van der Waals surface area contributed by atoms with E-state index in [2.05, 4.69) is 14.8 Å². The lowest BCUT2D eigenvalue weighted by molar-refractivity contribution is -0.118. The van der Waals surface area contributed by atoms with Crippen molar-refractivity contribution in [3.63, 3.8) is 0 Å². The lowest BCUT2D eigenvalue weighted by Crippen LogP contribution is -2.38. The molecule has 15 nitrogen and oxygen atoms in total. The van der Waals surface area contributed by atoms with E-state index in [1.54, 1.807) is 65.8 Å². The standard InChI is InChI=1S/C20H22N4O4.C20H20N4O3/c1-11(2)16-17(18(26)14-8-12(3)7-13(9-14)10-21)24(6-4-5-15(22)25)20(28)23-19(16)27;1-12(2)16-17(18(25)15-9-13(3)8-14(10-15)11-21)24(7-5-6-22-4)20(27)23-19(16)26/h7-9,11H,4-6H2,1-3H3,(H2,22,25)(H,23,27,28);8-10,12H,5-7H2,1-3H3,(H,23,26,27). The number of benzene rings is 2. The van der Waals surface area contributed by atoms with Gasteiger partial charge < -0.3 is 10.6 Å².